The zero-order valence-corrected chi connectivity index (χ0v) is 17.5. The van der Waals surface area contributed by atoms with E-state index in [0.717, 1.165) is 12.8 Å². The molecule has 3 aromatic carbocycles. The summed E-state index contributed by atoms with van der Waals surface area (Å²) in [5, 5.41) is 2.65. The normalized spacial score (nSPS) is 12.2. The molecule has 1 aliphatic rings. The van der Waals surface area contributed by atoms with Gasteiger partial charge in [0.1, 0.15) is 0 Å². The van der Waals surface area contributed by atoms with Crippen molar-refractivity contribution in [2.24, 2.45) is 0 Å². The Morgan fingerprint density at radius 3 is 2.33 bits per heavy atom. The van der Waals surface area contributed by atoms with Gasteiger partial charge in [0.25, 0.3) is 0 Å². The van der Waals surface area contributed by atoms with Crippen molar-refractivity contribution in [2.75, 3.05) is 0 Å². The summed E-state index contributed by atoms with van der Waals surface area (Å²) in [6.07, 6.45) is 4.65. The molecular weight excluding hydrogens is 414 g/mol. The van der Waals surface area contributed by atoms with Crippen molar-refractivity contribution in [3.05, 3.63) is 77.4 Å². The van der Waals surface area contributed by atoms with Crippen LogP contribution in [-0.2, 0) is 27.3 Å². The van der Waals surface area contributed by atoms with E-state index in [1.165, 1.54) is 38.6 Å². The molecule has 0 fully saturated rings. The number of fused-ring (bicyclic) bond motifs is 2. The topological polar surface area (TPSA) is 0 Å². The Bertz CT molecular complexity index is 879. The van der Waals surface area contributed by atoms with Crippen LogP contribution in [0.4, 0.5) is 0 Å². The third-order valence-electron chi connectivity index (χ3n) is 4.50. The van der Waals surface area contributed by atoms with Crippen LogP contribution < -0.4 is 0 Å². The predicted molar refractivity (Wildman–Crippen MR) is 103 cm³/mol. The second kappa shape index (κ2) is 8.48. The Morgan fingerprint density at radius 2 is 1.54 bits per heavy atom. The second-order valence-electron chi connectivity index (χ2n) is 5.81. The van der Waals surface area contributed by atoms with Crippen molar-refractivity contribution < 1.29 is 20.8 Å². The first-order chi connectivity index (χ1) is 11.8. The maximum absolute atomic E-state index is 4.93. The van der Waals surface area contributed by atoms with Crippen LogP contribution in [-0.4, -0.2) is 0 Å². The van der Waals surface area contributed by atoms with Crippen molar-refractivity contribution in [3.8, 4) is 11.1 Å². The van der Waals surface area contributed by atoms with Gasteiger partial charge < -0.3 is 0 Å². The summed E-state index contributed by atoms with van der Waals surface area (Å²) in [7, 11) is 9.87. The van der Waals surface area contributed by atoms with Crippen molar-refractivity contribution >= 4 is 33.9 Å². The molecule has 0 bridgehead atoms. The Balaban J connectivity index is 0.000000526. The van der Waals surface area contributed by atoms with Crippen LogP contribution in [0.5, 0.6) is 0 Å². The van der Waals surface area contributed by atoms with Crippen LogP contribution in [0.15, 0.2) is 66.2 Å². The van der Waals surface area contributed by atoms with E-state index in [4.69, 9.17) is 17.0 Å². The minimum atomic E-state index is -0.826. The zero-order valence-electron chi connectivity index (χ0n) is 13.5. The molecule has 0 nitrogen and oxygen atoms in total. The fourth-order valence-electron chi connectivity index (χ4n) is 3.36. The summed E-state index contributed by atoms with van der Waals surface area (Å²) in [6, 6.07) is 22.0. The molecule has 0 heterocycles. The Hall–Kier alpha value is -0.877. The van der Waals surface area contributed by atoms with Crippen LogP contribution in [0, 0.1) is 0 Å². The van der Waals surface area contributed by atoms with E-state index >= 15 is 0 Å². The molecule has 24 heavy (non-hydrogen) atoms. The molecule has 4 rings (SSSR count). The van der Waals surface area contributed by atoms with Crippen molar-refractivity contribution in [1.82, 2.24) is 0 Å². The van der Waals surface area contributed by atoms with Gasteiger partial charge in [-0.1, -0.05) is 79.2 Å². The van der Waals surface area contributed by atoms with Gasteiger partial charge in [-0.25, -0.2) is 0 Å². The maximum atomic E-state index is 4.93. The van der Waals surface area contributed by atoms with E-state index in [9.17, 15) is 0 Å². The van der Waals surface area contributed by atoms with Gasteiger partial charge in [-0.3, -0.25) is 0 Å². The molecule has 0 amide bonds. The fourth-order valence-corrected chi connectivity index (χ4v) is 3.36. The van der Waals surface area contributed by atoms with Crippen LogP contribution in [0.1, 0.15) is 24.5 Å². The van der Waals surface area contributed by atoms with Gasteiger partial charge in [0.2, 0.25) is 0 Å². The summed E-state index contributed by atoms with van der Waals surface area (Å²) in [4.78, 5) is 0. The van der Waals surface area contributed by atoms with E-state index in [2.05, 4.69) is 73.7 Å². The van der Waals surface area contributed by atoms with Crippen LogP contribution >= 0.6 is 17.0 Å². The van der Waals surface area contributed by atoms with Gasteiger partial charge in [0, 0.05) is 0 Å². The number of benzene rings is 3. The molecule has 0 atom stereocenters. The number of hydrogen-bond donors (Lipinski definition) is 0. The van der Waals surface area contributed by atoms with Gasteiger partial charge >= 0.3 is 37.9 Å². The number of hydrogen-bond acceptors (Lipinski definition) is 0. The molecule has 0 saturated heterocycles. The summed E-state index contributed by atoms with van der Waals surface area (Å²) < 4.78 is 0. The first-order valence-corrected chi connectivity index (χ1v) is 14.4. The van der Waals surface area contributed by atoms with Crippen molar-refractivity contribution in [1.29, 1.82) is 0 Å². The minimum absolute atomic E-state index is 0.826. The van der Waals surface area contributed by atoms with Gasteiger partial charge in [-0.2, -0.15) is 0 Å². The molecule has 3 aromatic rings. The molecule has 1 aliphatic carbocycles. The van der Waals surface area contributed by atoms with Crippen LogP contribution in [0.3, 0.4) is 0 Å². The summed E-state index contributed by atoms with van der Waals surface area (Å²) in [6.45, 7) is 2.25. The van der Waals surface area contributed by atoms with Gasteiger partial charge in [0.05, 0.1) is 0 Å². The van der Waals surface area contributed by atoms with E-state index in [-0.39, 0.29) is 0 Å². The van der Waals surface area contributed by atoms with Gasteiger partial charge in [-0.05, 0) is 45.9 Å². The molecule has 0 saturated carbocycles. The standard InChI is InChI=1S/C21H18.2ClH.Zr/c1-2-15-13-17-9-6-12-20(21(17)14-15)19-11-5-8-16-7-3-4-10-18(16)19;;;/h3-12,14H,2,13H2,1H3;2*1H;/q;;;+2/p-2. The molecular formula is C21H18Cl2Zr. The molecule has 0 radical (unpaired) electrons. The quantitative estimate of drug-likeness (QED) is 0.401. The predicted octanol–water partition coefficient (Wildman–Crippen LogP) is 7.23. The van der Waals surface area contributed by atoms with Crippen LogP contribution in [0.2, 0.25) is 0 Å². The molecule has 0 aromatic heterocycles. The summed E-state index contributed by atoms with van der Waals surface area (Å²) in [5.74, 6) is 0. The Labute approximate surface area is 162 Å². The first kappa shape index (κ1) is 17.9. The van der Waals surface area contributed by atoms with E-state index in [0.29, 0.717) is 0 Å². The molecule has 120 valence electrons. The molecule has 0 aliphatic heterocycles. The Kier molecular flexibility index (Phi) is 6.33. The molecule has 0 spiro atoms. The first-order valence-electron chi connectivity index (χ1n) is 8.04. The summed E-state index contributed by atoms with van der Waals surface area (Å²) in [5.41, 5.74) is 7.15. The number of halogens is 2. The van der Waals surface area contributed by atoms with Crippen molar-refractivity contribution in [2.45, 2.75) is 19.8 Å². The average molecular weight is 433 g/mol. The fraction of sp³-hybridized carbons (Fsp3) is 0.143. The van der Waals surface area contributed by atoms with Crippen LogP contribution in [0.25, 0.3) is 28.0 Å². The SMILES string of the molecule is CCC1=Cc2c(cccc2-c2cccc3ccccc23)C1.[Cl][Zr][Cl]. The third kappa shape index (κ3) is 3.69. The molecule has 0 N–H and O–H groups in total. The van der Waals surface area contributed by atoms with Gasteiger partial charge in [-0.15, -0.1) is 0 Å². The van der Waals surface area contributed by atoms with Gasteiger partial charge in [0.15, 0.2) is 0 Å². The third-order valence-corrected chi connectivity index (χ3v) is 4.50. The Morgan fingerprint density at radius 1 is 0.875 bits per heavy atom. The molecule has 0 unspecified atom stereocenters. The molecule has 3 heteroatoms. The monoisotopic (exact) mass is 430 g/mol. The van der Waals surface area contributed by atoms with E-state index < -0.39 is 20.8 Å². The zero-order chi connectivity index (χ0) is 16.9. The average Bonchev–Trinajstić information content (AvgIpc) is 3.05. The van der Waals surface area contributed by atoms with Crippen molar-refractivity contribution in [3.63, 3.8) is 0 Å². The van der Waals surface area contributed by atoms with E-state index in [1.54, 1.807) is 0 Å². The second-order valence-corrected chi connectivity index (χ2v) is 9.54. The van der Waals surface area contributed by atoms with E-state index in [1.807, 2.05) is 0 Å². The number of allylic oxidation sites excluding steroid dienone is 1. The number of rotatable bonds is 2. The summed E-state index contributed by atoms with van der Waals surface area (Å²) >= 11 is -0.826.